The van der Waals surface area contributed by atoms with Crippen LogP contribution in [-0.2, 0) is 6.54 Å². The quantitative estimate of drug-likeness (QED) is 0.754. The molecule has 0 saturated heterocycles. The van der Waals surface area contributed by atoms with Gasteiger partial charge >= 0.3 is 0 Å². The van der Waals surface area contributed by atoms with E-state index in [4.69, 9.17) is 0 Å². The van der Waals surface area contributed by atoms with Crippen molar-refractivity contribution in [3.63, 3.8) is 0 Å². The Morgan fingerprint density at radius 3 is 2.27 bits per heavy atom. The van der Waals surface area contributed by atoms with E-state index >= 15 is 0 Å². The Labute approximate surface area is 92.0 Å². The van der Waals surface area contributed by atoms with E-state index in [1.807, 2.05) is 0 Å². The molecule has 1 heterocycles. The second-order valence-corrected chi connectivity index (χ2v) is 3.92. The molecular formula is C12H21N2O+. The summed E-state index contributed by atoms with van der Waals surface area (Å²) in [6.07, 6.45) is 1.74. The van der Waals surface area contributed by atoms with Gasteiger partial charge in [0.1, 0.15) is 18.0 Å². The molecule has 3 nitrogen and oxygen atoms in total. The number of hydrogen-bond acceptors (Lipinski definition) is 2. The molecule has 0 radical (unpaired) electrons. The summed E-state index contributed by atoms with van der Waals surface area (Å²) in [5.41, 5.74) is 0.808. The van der Waals surface area contributed by atoms with Crippen LogP contribution in [0.1, 0.15) is 26.5 Å². The number of pyridine rings is 1. The van der Waals surface area contributed by atoms with Gasteiger partial charge in [-0.1, -0.05) is 0 Å². The molecule has 0 fully saturated rings. The van der Waals surface area contributed by atoms with Crippen LogP contribution in [0.5, 0.6) is 5.75 Å². The SMILES string of the molecule is CC[N+](CC)(CC)Cc1ncccc1O. The maximum absolute atomic E-state index is 9.69. The van der Waals surface area contributed by atoms with Crippen LogP contribution >= 0.6 is 0 Å². The molecular weight excluding hydrogens is 188 g/mol. The van der Waals surface area contributed by atoms with Crippen molar-refractivity contribution in [3.8, 4) is 5.75 Å². The van der Waals surface area contributed by atoms with Gasteiger partial charge in [-0.2, -0.15) is 0 Å². The average Bonchev–Trinajstić information content (AvgIpc) is 2.29. The highest BCUT2D eigenvalue weighted by atomic mass is 16.3. The fourth-order valence-electron chi connectivity index (χ4n) is 1.88. The second kappa shape index (κ2) is 5.12. The van der Waals surface area contributed by atoms with E-state index in [-0.39, 0.29) is 0 Å². The first-order valence-corrected chi connectivity index (χ1v) is 5.65. The smallest absolute Gasteiger partial charge is 0.142 e. The molecule has 0 aliphatic carbocycles. The molecule has 0 aliphatic rings. The molecule has 0 bridgehead atoms. The Bertz CT molecular complexity index is 300. The maximum Gasteiger partial charge on any atom is 0.142 e. The van der Waals surface area contributed by atoms with Crippen molar-refractivity contribution < 1.29 is 9.59 Å². The summed E-state index contributed by atoms with van der Waals surface area (Å²) in [6, 6.07) is 3.47. The minimum absolute atomic E-state index is 0.315. The van der Waals surface area contributed by atoms with Crippen molar-refractivity contribution in [2.24, 2.45) is 0 Å². The molecule has 1 aromatic rings. The maximum atomic E-state index is 9.69. The first kappa shape index (κ1) is 12.0. The Morgan fingerprint density at radius 2 is 1.80 bits per heavy atom. The molecule has 1 N–H and O–H groups in total. The van der Waals surface area contributed by atoms with Gasteiger partial charge in [0, 0.05) is 6.20 Å². The van der Waals surface area contributed by atoms with Crippen molar-refractivity contribution >= 4 is 0 Å². The number of aromatic hydroxyl groups is 1. The molecule has 0 atom stereocenters. The van der Waals surface area contributed by atoms with Crippen LogP contribution in [0.2, 0.25) is 0 Å². The summed E-state index contributed by atoms with van der Waals surface area (Å²) in [5.74, 6) is 0.315. The fraction of sp³-hybridized carbons (Fsp3) is 0.583. The standard InChI is InChI=1S/C12H20N2O/c1-4-14(5-2,6-3)10-11-12(15)8-7-9-13-11/h7-9H,4-6,10H2,1-3H3/p+1. The van der Waals surface area contributed by atoms with Gasteiger partial charge < -0.3 is 9.59 Å². The molecule has 0 saturated carbocycles. The van der Waals surface area contributed by atoms with Crippen molar-refractivity contribution in [1.82, 2.24) is 4.98 Å². The summed E-state index contributed by atoms with van der Waals surface area (Å²) in [6.45, 7) is 10.6. The second-order valence-electron chi connectivity index (χ2n) is 3.92. The number of quaternary nitrogens is 1. The van der Waals surface area contributed by atoms with E-state index in [9.17, 15) is 5.11 Å². The third kappa shape index (κ3) is 2.69. The van der Waals surface area contributed by atoms with Crippen LogP contribution < -0.4 is 0 Å². The van der Waals surface area contributed by atoms with Gasteiger partial charge in [-0.15, -0.1) is 0 Å². The van der Waals surface area contributed by atoms with Gasteiger partial charge in [0.15, 0.2) is 0 Å². The number of aromatic nitrogens is 1. The third-order valence-electron chi connectivity index (χ3n) is 3.36. The normalized spacial score (nSPS) is 11.7. The molecule has 1 rings (SSSR count). The van der Waals surface area contributed by atoms with E-state index in [2.05, 4.69) is 25.8 Å². The Kier molecular flexibility index (Phi) is 4.09. The van der Waals surface area contributed by atoms with E-state index in [0.717, 1.165) is 36.4 Å². The van der Waals surface area contributed by atoms with Crippen molar-refractivity contribution in [1.29, 1.82) is 0 Å². The molecule has 0 aliphatic heterocycles. The van der Waals surface area contributed by atoms with Crippen molar-refractivity contribution in [3.05, 3.63) is 24.0 Å². The van der Waals surface area contributed by atoms with Crippen molar-refractivity contribution in [2.45, 2.75) is 27.3 Å². The van der Waals surface area contributed by atoms with Crippen LogP contribution in [0.25, 0.3) is 0 Å². The molecule has 1 aromatic heterocycles. The van der Waals surface area contributed by atoms with Gasteiger partial charge in [-0.05, 0) is 32.9 Å². The van der Waals surface area contributed by atoms with Gasteiger partial charge in [-0.25, -0.2) is 0 Å². The highest BCUT2D eigenvalue weighted by Gasteiger charge is 2.23. The van der Waals surface area contributed by atoms with E-state index < -0.39 is 0 Å². The van der Waals surface area contributed by atoms with Gasteiger partial charge in [0.05, 0.1) is 19.6 Å². The topological polar surface area (TPSA) is 33.1 Å². The van der Waals surface area contributed by atoms with E-state index in [1.165, 1.54) is 0 Å². The predicted octanol–water partition coefficient (Wildman–Crippen LogP) is 2.16. The number of nitrogens with zero attached hydrogens (tertiary/aromatic N) is 2. The molecule has 15 heavy (non-hydrogen) atoms. The van der Waals surface area contributed by atoms with Gasteiger partial charge in [0.2, 0.25) is 0 Å². The van der Waals surface area contributed by atoms with Crippen LogP contribution in [0, 0.1) is 0 Å². The molecule has 0 unspecified atom stereocenters. The zero-order valence-electron chi connectivity index (χ0n) is 9.90. The summed E-state index contributed by atoms with van der Waals surface area (Å²) in [5, 5.41) is 9.69. The lowest BCUT2D eigenvalue weighted by Crippen LogP contribution is -2.46. The van der Waals surface area contributed by atoms with Crippen LogP contribution in [0.15, 0.2) is 18.3 Å². The average molecular weight is 209 g/mol. The molecule has 0 amide bonds. The molecule has 0 aromatic carbocycles. The monoisotopic (exact) mass is 209 g/mol. The summed E-state index contributed by atoms with van der Waals surface area (Å²) < 4.78 is 0.977. The molecule has 84 valence electrons. The summed E-state index contributed by atoms with van der Waals surface area (Å²) in [7, 11) is 0. The Hall–Kier alpha value is -1.09. The Morgan fingerprint density at radius 1 is 1.20 bits per heavy atom. The lowest BCUT2D eigenvalue weighted by Gasteiger charge is -2.35. The lowest BCUT2D eigenvalue weighted by molar-refractivity contribution is -0.936. The fourth-order valence-corrected chi connectivity index (χ4v) is 1.88. The summed E-state index contributed by atoms with van der Waals surface area (Å²) >= 11 is 0. The van der Waals surface area contributed by atoms with E-state index in [1.54, 1.807) is 18.3 Å². The van der Waals surface area contributed by atoms with Crippen LogP contribution in [0.3, 0.4) is 0 Å². The minimum Gasteiger partial charge on any atom is -0.506 e. The van der Waals surface area contributed by atoms with E-state index in [0.29, 0.717) is 5.75 Å². The first-order valence-electron chi connectivity index (χ1n) is 5.65. The highest BCUT2D eigenvalue weighted by Crippen LogP contribution is 2.19. The molecule has 0 spiro atoms. The Balaban J connectivity index is 2.88. The summed E-state index contributed by atoms with van der Waals surface area (Å²) in [4.78, 5) is 4.24. The third-order valence-corrected chi connectivity index (χ3v) is 3.36. The highest BCUT2D eigenvalue weighted by molar-refractivity contribution is 5.24. The first-order chi connectivity index (χ1) is 7.17. The zero-order chi connectivity index (χ0) is 11.3. The molecule has 3 heteroatoms. The van der Waals surface area contributed by atoms with Crippen LogP contribution in [0.4, 0.5) is 0 Å². The minimum atomic E-state index is 0.315. The number of hydrogen-bond donors (Lipinski definition) is 1. The zero-order valence-corrected chi connectivity index (χ0v) is 9.90. The van der Waals surface area contributed by atoms with Gasteiger partial charge in [0.25, 0.3) is 0 Å². The van der Waals surface area contributed by atoms with Crippen LogP contribution in [-0.4, -0.2) is 34.2 Å². The van der Waals surface area contributed by atoms with Crippen molar-refractivity contribution in [2.75, 3.05) is 19.6 Å². The number of rotatable bonds is 5. The predicted molar refractivity (Wildman–Crippen MR) is 61.5 cm³/mol. The largest absolute Gasteiger partial charge is 0.506 e. The van der Waals surface area contributed by atoms with Gasteiger partial charge in [-0.3, -0.25) is 4.98 Å². The lowest BCUT2D eigenvalue weighted by atomic mass is 10.2.